The fourth-order valence-corrected chi connectivity index (χ4v) is 2.08. The molecule has 3 heteroatoms. The summed E-state index contributed by atoms with van der Waals surface area (Å²) >= 11 is 0. The zero-order chi connectivity index (χ0) is 12.8. The topological polar surface area (TPSA) is 38.5 Å². The predicted octanol–water partition coefficient (Wildman–Crippen LogP) is 1.96. The minimum atomic E-state index is 0.250. The van der Waals surface area contributed by atoms with Crippen molar-refractivity contribution in [3.63, 3.8) is 0 Å². The zero-order valence-corrected chi connectivity index (χ0v) is 11.3. The van der Waals surface area contributed by atoms with E-state index in [-0.39, 0.29) is 6.04 Å². The van der Waals surface area contributed by atoms with Gasteiger partial charge in [0.25, 0.3) is 0 Å². The van der Waals surface area contributed by atoms with E-state index >= 15 is 0 Å². The second-order valence-corrected chi connectivity index (χ2v) is 4.64. The summed E-state index contributed by atoms with van der Waals surface area (Å²) in [7, 11) is 3.83. The maximum absolute atomic E-state index is 5.91. The van der Waals surface area contributed by atoms with Crippen molar-refractivity contribution >= 4 is 0 Å². The Labute approximate surface area is 105 Å². The highest BCUT2D eigenvalue weighted by Gasteiger charge is 2.20. The van der Waals surface area contributed by atoms with Crippen molar-refractivity contribution < 1.29 is 4.74 Å². The number of methoxy groups -OCH3 is 1. The van der Waals surface area contributed by atoms with Crippen LogP contribution in [0.1, 0.15) is 24.1 Å². The molecule has 0 aliphatic rings. The lowest BCUT2D eigenvalue weighted by Crippen LogP contribution is -2.39. The van der Waals surface area contributed by atoms with E-state index in [0.717, 1.165) is 6.61 Å². The summed E-state index contributed by atoms with van der Waals surface area (Å²) in [4.78, 5) is 2.28. The molecule has 2 unspecified atom stereocenters. The molecule has 0 aromatic heterocycles. The van der Waals surface area contributed by atoms with E-state index in [1.807, 2.05) is 0 Å². The first-order chi connectivity index (χ1) is 8.10. The molecule has 1 aromatic carbocycles. The van der Waals surface area contributed by atoms with Crippen molar-refractivity contribution in [3.8, 4) is 0 Å². The molecule has 2 N–H and O–H groups in total. The lowest BCUT2D eigenvalue weighted by atomic mass is 10.0. The van der Waals surface area contributed by atoms with E-state index in [0.29, 0.717) is 12.6 Å². The summed E-state index contributed by atoms with van der Waals surface area (Å²) in [6.07, 6.45) is 0. The number of likely N-dealkylation sites (N-methyl/N-ethyl adjacent to an activating group) is 1. The van der Waals surface area contributed by atoms with Crippen molar-refractivity contribution in [2.45, 2.75) is 25.9 Å². The molecule has 3 nitrogen and oxygen atoms in total. The Morgan fingerprint density at radius 2 is 2.12 bits per heavy atom. The van der Waals surface area contributed by atoms with Crippen molar-refractivity contribution in [2.75, 3.05) is 27.3 Å². The summed E-state index contributed by atoms with van der Waals surface area (Å²) in [5.74, 6) is 0. The van der Waals surface area contributed by atoms with Crippen LogP contribution in [0.4, 0.5) is 0 Å². The van der Waals surface area contributed by atoms with Crippen molar-refractivity contribution in [1.29, 1.82) is 0 Å². The second kappa shape index (κ2) is 6.74. The van der Waals surface area contributed by atoms with Crippen molar-refractivity contribution in [2.24, 2.45) is 5.73 Å². The van der Waals surface area contributed by atoms with Crippen LogP contribution in [0.5, 0.6) is 0 Å². The Morgan fingerprint density at radius 3 is 2.65 bits per heavy atom. The molecule has 0 fully saturated rings. The van der Waals surface area contributed by atoms with Gasteiger partial charge in [-0.3, -0.25) is 4.90 Å². The number of aryl methyl sites for hydroxylation is 1. The van der Waals surface area contributed by atoms with E-state index in [4.69, 9.17) is 10.5 Å². The number of hydrogen-bond acceptors (Lipinski definition) is 3. The van der Waals surface area contributed by atoms with Gasteiger partial charge in [0.2, 0.25) is 0 Å². The number of rotatable bonds is 6. The minimum Gasteiger partial charge on any atom is -0.383 e. The lowest BCUT2D eigenvalue weighted by molar-refractivity contribution is 0.0910. The highest BCUT2D eigenvalue weighted by molar-refractivity contribution is 5.25. The van der Waals surface area contributed by atoms with Crippen LogP contribution >= 0.6 is 0 Å². The molecular weight excluding hydrogens is 212 g/mol. The molecule has 0 aliphatic heterocycles. The van der Waals surface area contributed by atoms with Crippen LogP contribution < -0.4 is 5.73 Å². The SMILES string of the molecule is COCC(C)N(C)C(CN)c1cccc(C)c1. The van der Waals surface area contributed by atoms with Crippen LogP contribution in [0.15, 0.2) is 24.3 Å². The molecule has 0 spiro atoms. The lowest BCUT2D eigenvalue weighted by Gasteiger charge is -2.32. The third-order valence-electron chi connectivity index (χ3n) is 3.24. The molecule has 1 rings (SSSR count). The van der Waals surface area contributed by atoms with Crippen molar-refractivity contribution in [1.82, 2.24) is 4.90 Å². The van der Waals surface area contributed by atoms with Gasteiger partial charge in [0.15, 0.2) is 0 Å². The molecule has 0 saturated carbocycles. The molecule has 17 heavy (non-hydrogen) atoms. The second-order valence-electron chi connectivity index (χ2n) is 4.64. The molecule has 0 aliphatic carbocycles. The van der Waals surface area contributed by atoms with E-state index in [9.17, 15) is 0 Å². The highest BCUT2D eigenvalue weighted by atomic mass is 16.5. The predicted molar refractivity (Wildman–Crippen MR) is 72.1 cm³/mol. The fraction of sp³-hybridized carbons (Fsp3) is 0.571. The molecule has 96 valence electrons. The average molecular weight is 236 g/mol. The van der Waals surface area contributed by atoms with Gasteiger partial charge >= 0.3 is 0 Å². The van der Waals surface area contributed by atoms with Gasteiger partial charge in [0.1, 0.15) is 0 Å². The first-order valence-corrected chi connectivity index (χ1v) is 6.07. The molecule has 1 aromatic rings. The van der Waals surface area contributed by atoms with Gasteiger partial charge in [-0.25, -0.2) is 0 Å². The van der Waals surface area contributed by atoms with Crippen LogP contribution in [0.2, 0.25) is 0 Å². The van der Waals surface area contributed by atoms with Gasteiger partial charge in [0, 0.05) is 25.7 Å². The monoisotopic (exact) mass is 236 g/mol. The number of ether oxygens (including phenoxy) is 1. The summed E-state index contributed by atoms with van der Waals surface area (Å²) in [6.45, 7) is 5.60. The third kappa shape index (κ3) is 3.80. The first-order valence-electron chi connectivity index (χ1n) is 6.07. The van der Waals surface area contributed by atoms with Gasteiger partial charge in [-0.15, -0.1) is 0 Å². The smallest absolute Gasteiger partial charge is 0.0615 e. The summed E-state index contributed by atoms with van der Waals surface area (Å²) in [6, 6.07) is 9.14. The van der Waals surface area contributed by atoms with Crippen LogP contribution in [0.3, 0.4) is 0 Å². The van der Waals surface area contributed by atoms with Gasteiger partial charge < -0.3 is 10.5 Å². The Morgan fingerprint density at radius 1 is 1.41 bits per heavy atom. The third-order valence-corrected chi connectivity index (χ3v) is 3.24. The fourth-order valence-electron chi connectivity index (χ4n) is 2.08. The normalized spacial score (nSPS) is 14.9. The summed E-state index contributed by atoms with van der Waals surface area (Å²) < 4.78 is 5.20. The van der Waals surface area contributed by atoms with Crippen LogP contribution in [0.25, 0.3) is 0 Å². The Balaban J connectivity index is 2.83. The zero-order valence-electron chi connectivity index (χ0n) is 11.3. The van der Waals surface area contributed by atoms with E-state index in [1.165, 1.54) is 11.1 Å². The Kier molecular flexibility index (Phi) is 5.62. The van der Waals surface area contributed by atoms with E-state index in [1.54, 1.807) is 7.11 Å². The quantitative estimate of drug-likeness (QED) is 0.820. The molecule has 0 heterocycles. The van der Waals surface area contributed by atoms with Gasteiger partial charge in [0.05, 0.1) is 6.61 Å². The van der Waals surface area contributed by atoms with Gasteiger partial charge in [-0.1, -0.05) is 29.8 Å². The standard InChI is InChI=1S/C14H24N2O/c1-11-6-5-7-13(8-11)14(9-15)16(3)12(2)10-17-4/h5-8,12,14H,9-10,15H2,1-4H3. The van der Waals surface area contributed by atoms with E-state index < -0.39 is 0 Å². The maximum atomic E-state index is 5.91. The largest absolute Gasteiger partial charge is 0.383 e. The first kappa shape index (κ1) is 14.2. The van der Waals surface area contributed by atoms with Crippen molar-refractivity contribution in [3.05, 3.63) is 35.4 Å². The molecule has 0 bridgehead atoms. The number of benzene rings is 1. The highest BCUT2D eigenvalue weighted by Crippen LogP contribution is 2.21. The number of nitrogens with two attached hydrogens (primary N) is 1. The van der Waals surface area contributed by atoms with Crippen LogP contribution in [-0.2, 0) is 4.74 Å². The Hall–Kier alpha value is -0.900. The molecular formula is C14H24N2O. The van der Waals surface area contributed by atoms with Crippen LogP contribution in [0, 0.1) is 6.92 Å². The van der Waals surface area contributed by atoms with Gasteiger partial charge in [-0.2, -0.15) is 0 Å². The number of hydrogen-bond donors (Lipinski definition) is 1. The summed E-state index contributed by atoms with van der Waals surface area (Å²) in [5, 5.41) is 0. The molecule has 0 radical (unpaired) electrons. The van der Waals surface area contributed by atoms with Crippen LogP contribution in [-0.4, -0.2) is 38.3 Å². The minimum absolute atomic E-state index is 0.250. The van der Waals surface area contributed by atoms with E-state index in [2.05, 4.69) is 50.1 Å². The molecule has 2 atom stereocenters. The Bertz CT molecular complexity index is 341. The average Bonchev–Trinajstić information content (AvgIpc) is 2.30. The number of nitrogens with zero attached hydrogens (tertiary/aromatic N) is 1. The van der Waals surface area contributed by atoms with Gasteiger partial charge in [-0.05, 0) is 26.5 Å². The maximum Gasteiger partial charge on any atom is 0.0615 e. The molecule has 0 saturated heterocycles. The molecule has 0 amide bonds. The summed E-state index contributed by atoms with van der Waals surface area (Å²) in [5.41, 5.74) is 8.46.